The van der Waals surface area contributed by atoms with Crippen molar-refractivity contribution in [3.05, 3.63) is 59.6 Å². The lowest BCUT2D eigenvalue weighted by atomic mass is 10.2. The van der Waals surface area contributed by atoms with E-state index >= 15 is 0 Å². The summed E-state index contributed by atoms with van der Waals surface area (Å²) >= 11 is 5.67. The predicted octanol–water partition coefficient (Wildman–Crippen LogP) is 3.63. The summed E-state index contributed by atoms with van der Waals surface area (Å²) in [5.41, 5.74) is 0.711. The highest BCUT2D eigenvalue weighted by Crippen LogP contribution is 2.27. The summed E-state index contributed by atoms with van der Waals surface area (Å²) in [6.45, 7) is 0. The standard InChI is InChI=1S/C15H10ClF2N5/c1-23(14-11(18)8-20-15(16)22-14)13-10(17)7-19-12(21-13)9-5-3-2-4-6-9/h2-8H,1H3. The summed E-state index contributed by atoms with van der Waals surface area (Å²) in [6, 6.07) is 9.06. The minimum atomic E-state index is -0.740. The Balaban J connectivity index is 2.07. The zero-order chi connectivity index (χ0) is 16.4. The van der Waals surface area contributed by atoms with E-state index in [0.717, 1.165) is 17.3 Å². The molecule has 3 aromatic rings. The highest BCUT2D eigenvalue weighted by Gasteiger charge is 2.19. The van der Waals surface area contributed by atoms with E-state index in [1.807, 2.05) is 18.2 Å². The molecule has 1 aromatic carbocycles. The molecular weight excluding hydrogens is 324 g/mol. The molecule has 0 N–H and O–H groups in total. The van der Waals surface area contributed by atoms with Gasteiger partial charge in [0.2, 0.25) is 5.28 Å². The molecular formula is C15H10ClF2N5. The van der Waals surface area contributed by atoms with Gasteiger partial charge in [0.25, 0.3) is 0 Å². The molecule has 8 heteroatoms. The monoisotopic (exact) mass is 333 g/mol. The number of anilines is 2. The quantitative estimate of drug-likeness (QED) is 0.685. The van der Waals surface area contributed by atoms with Gasteiger partial charge in [-0.2, -0.15) is 4.98 Å². The van der Waals surface area contributed by atoms with Crippen LogP contribution < -0.4 is 4.90 Å². The summed E-state index contributed by atoms with van der Waals surface area (Å²) in [7, 11) is 1.43. The molecule has 0 fully saturated rings. The van der Waals surface area contributed by atoms with Gasteiger partial charge in [-0.3, -0.25) is 0 Å². The van der Waals surface area contributed by atoms with Crippen molar-refractivity contribution in [2.24, 2.45) is 0 Å². The minimum absolute atomic E-state index is 0.118. The van der Waals surface area contributed by atoms with E-state index in [1.54, 1.807) is 12.1 Å². The molecule has 0 aliphatic heterocycles. The largest absolute Gasteiger partial charge is 0.309 e. The lowest BCUT2D eigenvalue weighted by Crippen LogP contribution is -2.17. The zero-order valence-electron chi connectivity index (χ0n) is 11.9. The van der Waals surface area contributed by atoms with E-state index in [9.17, 15) is 8.78 Å². The van der Waals surface area contributed by atoms with Gasteiger partial charge in [-0.1, -0.05) is 30.3 Å². The van der Waals surface area contributed by atoms with Crippen LogP contribution in [-0.4, -0.2) is 27.0 Å². The van der Waals surface area contributed by atoms with Gasteiger partial charge in [0.05, 0.1) is 12.4 Å². The molecule has 2 heterocycles. The maximum atomic E-state index is 14.1. The first-order chi connectivity index (χ1) is 11.1. The molecule has 0 aliphatic carbocycles. The van der Waals surface area contributed by atoms with Crippen LogP contribution in [0, 0.1) is 11.6 Å². The van der Waals surface area contributed by atoms with Crippen molar-refractivity contribution < 1.29 is 8.78 Å². The van der Waals surface area contributed by atoms with Crippen LogP contribution in [-0.2, 0) is 0 Å². The van der Waals surface area contributed by atoms with Crippen LogP contribution in [0.1, 0.15) is 0 Å². The van der Waals surface area contributed by atoms with Crippen LogP contribution in [0.3, 0.4) is 0 Å². The molecule has 0 bridgehead atoms. The van der Waals surface area contributed by atoms with Crippen LogP contribution in [0.4, 0.5) is 20.4 Å². The number of benzene rings is 1. The highest BCUT2D eigenvalue weighted by molar-refractivity contribution is 6.28. The van der Waals surface area contributed by atoms with Crippen molar-refractivity contribution in [1.29, 1.82) is 0 Å². The van der Waals surface area contributed by atoms with Crippen LogP contribution in [0.15, 0.2) is 42.7 Å². The van der Waals surface area contributed by atoms with Crippen molar-refractivity contribution >= 4 is 23.2 Å². The first-order valence-corrected chi connectivity index (χ1v) is 6.94. The van der Waals surface area contributed by atoms with Gasteiger partial charge in [0.15, 0.2) is 29.1 Å². The van der Waals surface area contributed by atoms with Crippen LogP contribution in [0.25, 0.3) is 11.4 Å². The van der Waals surface area contributed by atoms with Crippen LogP contribution >= 0.6 is 11.6 Å². The number of hydrogen-bond donors (Lipinski definition) is 0. The second kappa shape index (κ2) is 6.21. The summed E-state index contributed by atoms with van der Waals surface area (Å²) < 4.78 is 28.0. The first-order valence-electron chi connectivity index (χ1n) is 6.56. The van der Waals surface area contributed by atoms with E-state index in [4.69, 9.17) is 11.6 Å². The molecule has 116 valence electrons. The van der Waals surface area contributed by atoms with E-state index < -0.39 is 11.6 Å². The van der Waals surface area contributed by atoms with Gasteiger partial charge in [-0.25, -0.2) is 23.7 Å². The average Bonchev–Trinajstić information content (AvgIpc) is 2.58. The molecule has 0 unspecified atom stereocenters. The number of rotatable bonds is 3. The third-order valence-electron chi connectivity index (χ3n) is 3.09. The summed E-state index contributed by atoms with van der Waals surface area (Å²) in [6.07, 6.45) is 1.94. The second-order valence-corrected chi connectivity index (χ2v) is 4.94. The van der Waals surface area contributed by atoms with Crippen molar-refractivity contribution in [2.75, 3.05) is 11.9 Å². The highest BCUT2D eigenvalue weighted by atomic mass is 35.5. The van der Waals surface area contributed by atoms with E-state index in [-0.39, 0.29) is 16.9 Å². The molecule has 2 aromatic heterocycles. The Morgan fingerprint density at radius 2 is 1.52 bits per heavy atom. The van der Waals surface area contributed by atoms with E-state index in [1.165, 1.54) is 7.05 Å². The van der Waals surface area contributed by atoms with Gasteiger partial charge in [-0.05, 0) is 11.6 Å². The number of aromatic nitrogens is 4. The summed E-state index contributed by atoms with van der Waals surface area (Å²) in [5, 5.41) is -0.147. The predicted molar refractivity (Wildman–Crippen MR) is 82.5 cm³/mol. The van der Waals surface area contributed by atoms with Gasteiger partial charge < -0.3 is 4.90 Å². The Morgan fingerprint density at radius 1 is 0.913 bits per heavy atom. The molecule has 5 nitrogen and oxygen atoms in total. The van der Waals surface area contributed by atoms with Crippen molar-refractivity contribution in [3.8, 4) is 11.4 Å². The molecule has 0 atom stereocenters. The normalized spacial score (nSPS) is 10.6. The van der Waals surface area contributed by atoms with Gasteiger partial charge >= 0.3 is 0 Å². The molecule has 0 amide bonds. The minimum Gasteiger partial charge on any atom is -0.309 e. The zero-order valence-corrected chi connectivity index (χ0v) is 12.7. The Hall–Kier alpha value is -2.67. The third kappa shape index (κ3) is 3.09. The maximum absolute atomic E-state index is 14.1. The topological polar surface area (TPSA) is 54.8 Å². The molecule has 0 aliphatic rings. The first kappa shape index (κ1) is 15.2. The van der Waals surface area contributed by atoms with Crippen molar-refractivity contribution in [3.63, 3.8) is 0 Å². The van der Waals surface area contributed by atoms with Gasteiger partial charge in [-0.15, -0.1) is 0 Å². The fraction of sp³-hybridized carbons (Fsp3) is 0.0667. The summed E-state index contributed by atoms with van der Waals surface area (Å²) in [5.74, 6) is -1.43. The van der Waals surface area contributed by atoms with Crippen LogP contribution in [0.2, 0.25) is 5.28 Å². The Labute approximate surface area is 135 Å². The van der Waals surface area contributed by atoms with E-state index in [0.29, 0.717) is 11.4 Å². The molecule has 0 radical (unpaired) electrons. The van der Waals surface area contributed by atoms with Gasteiger partial charge in [0, 0.05) is 12.6 Å². The Bertz CT molecular complexity index is 845. The molecule has 0 spiro atoms. The average molecular weight is 334 g/mol. The Kier molecular flexibility index (Phi) is 4.12. The fourth-order valence-electron chi connectivity index (χ4n) is 1.99. The summed E-state index contributed by atoms with van der Waals surface area (Å²) in [4.78, 5) is 16.6. The fourth-order valence-corrected chi connectivity index (χ4v) is 2.12. The smallest absolute Gasteiger partial charge is 0.224 e. The molecule has 3 rings (SSSR count). The number of nitrogens with zero attached hydrogens (tertiary/aromatic N) is 5. The second-order valence-electron chi connectivity index (χ2n) is 4.60. The lowest BCUT2D eigenvalue weighted by molar-refractivity contribution is 0.600. The number of halogens is 3. The SMILES string of the molecule is CN(c1nc(Cl)ncc1F)c1nc(-c2ccccc2)ncc1F. The lowest BCUT2D eigenvalue weighted by Gasteiger charge is -2.18. The molecule has 0 saturated heterocycles. The van der Waals surface area contributed by atoms with Crippen molar-refractivity contribution in [2.45, 2.75) is 0 Å². The van der Waals surface area contributed by atoms with Crippen LogP contribution in [0.5, 0.6) is 0 Å². The van der Waals surface area contributed by atoms with Gasteiger partial charge in [0.1, 0.15) is 0 Å². The number of hydrogen-bond acceptors (Lipinski definition) is 5. The van der Waals surface area contributed by atoms with Crippen molar-refractivity contribution in [1.82, 2.24) is 19.9 Å². The van der Waals surface area contributed by atoms with E-state index in [2.05, 4.69) is 19.9 Å². The molecule has 23 heavy (non-hydrogen) atoms. The third-order valence-corrected chi connectivity index (χ3v) is 3.27. The Morgan fingerprint density at radius 3 is 2.22 bits per heavy atom. The molecule has 0 saturated carbocycles. The maximum Gasteiger partial charge on any atom is 0.224 e.